The smallest absolute Gasteiger partial charge is 0.0376 e. The Balaban J connectivity index is 2.25. The van der Waals surface area contributed by atoms with Crippen molar-refractivity contribution in [2.45, 2.75) is 59.3 Å². The van der Waals surface area contributed by atoms with Crippen LogP contribution in [-0.4, -0.2) is 13.6 Å². The van der Waals surface area contributed by atoms with Crippen molar-refractivity contribution in [1.29, 1.82) is 0 Å². The summed E-state index contributed by atoms with van der Waals surface area (Å²) in [6.07, 6.45) is 7.83. The summed E-state index contributed by atoms with van der Waals surface area (Å²) in [6, 6.07) is 13.5. The van der Waals surface area contributed by atoms with Gasteiger partial charge in [-0.15, -0.1) is 0 Å². The zero-order valence-electron chi connectivity index (χ0n) is 17.9. The van der Waals surface area contributed by atoms with Crippen molar-refractivity contribution in [2.24, 2.45) is 0 Å². The van der Waals surface area contributed by atoms with Gasteiger partial charge < -0.3 is 10.6 Å². The van der Waals surface area contributed by atoms with Crippen LogP contribution in [0, 0.1) is 6.92 Å². The van der Waals surface area contributed by atoms with Gasteiger partial charge in [-0.3, -0.25) is 0 Å². The van der Waals surface area contributed by atoms with Crippen LogP contribution in [0.25, 0.3) is 6.08 Å². The summed E-state index contributed by atoms with van der Waals surface area (Å²) in [6.45, 7) is 12.2. The Morgan fingerprint density at radius 2 is 1.81 bits per heavy atom. The number of nitrogens with one attached hydrogen (secondary N) is 2. The number of rotatable bonds is 9. The summed E-state index contributed by atoms with van der Waals surface area (Å²) >= 11 is 0. The van der Waals surface area contributed by atoms with Crippen LogP contribution >= 0.6 is 0 Å². The Morgan fingerprint density at radius 1 is 1.04 bits per heavy atom. The monoisotopic (exact) mass is 364 g/mol. The quantitative estimate of drug-likeness (QED) is 0.511. The van der Waals surface area contributed by atoms with Crippen molar-refractivity contribution >= 4 is 17.5 Å². The average molecular weight is 365 g/mol. The average Bonchev–Trinajstić information content (AvgIpc) is 2.69. The van der Waals surface area contributed by atoms with Gasteiger partial charge in [0.1, 0.15) is 0 Å². The maximum absolute atomic E-state index is 3.39. The first kappa shape index (κ1) is 21.1. The Hall–Kier alpha value is -2.22. The van der Waals surface area contributed by atoms with Crippen molar-refractivity contribution < 1.29 is 0 Å². The second-order valence-electron chi connectivity index (χ2n) is 7.61. The summed E-state index contributed by atoms with van der Waals surface area (Å²) in [5.74, 6) is 0. The van der Waals surface area contributed by atoms with E-state index in [-0.39, 0.29) is 5.41 Å². The molecule has 1 unspecified atom stereocenters. The molecular formula is C25H36N2. The van der Waals surface area contributed by atoms with Gasteiger partial charge in [-0.1, -0.05) is 51.1 Å². The van der Waals surface area contributed by atoms with E-state index in [2.05, 4.69) is 93.8 Å². The Labute approximate surface area is 166 Å². The molecule has 0 aliphatic rings. The van der Waals surface area contributed by atoms with E-state index in [0.29, 0.717) is 0 Å². The predicted molar refractivity (Wildman–Crippen MR) is 122 cm³/mol. The minimum atomic E-state index is 0.123. The van der Waals surface area contributed by atoms with Crippen LogP contribution < -0.4 is 10.6 Å². The molecule has 0 heterocycles. The molecule has 27 heavy (non-hydrogen) atoms. The molecular weight excluding hydrogens is 328 g/mol. The van der Waals surface area contributed by atoms with Crippen LogP contribution in [0.1, 0.15) is 62.8 Å². The largest absolute Gasteiger partial charge is 0.388 e. The van der Waals surface area contributed by atoms with Crippen LogP contribution in [0.2, 0.25) is 0 Å². The Bertz CT molecular complexity index is 776. The highest BCUT2D eigenvalue weighted by Crippen LogP contribution is 2.37. The molecule has 2 rings (SSSR count). The van der Waals surface area contributed by atoms with Crippen molar-refractivity contribution in [3.8, 4) is 0 Å². The van der Waals surface area contributed by atoms with E-state index < -0.39 is 0 Å². The molecule has 0 bridgehead atoms. The van der Waals surface area contributed by atoms with Crippen LogP contribution in [0.5, 0.6) is 0 Å². The molecule has 2 aromatic carbocycles. The first-order valence-corrected chi connectivity index (χ1v) is 10.3. The van der Waals surface area contributed by atoms with Gasteiger partial charge >= 0.3 is 0 Å². The fourth-order valence-electron chi connectivity index (χ4n) is 3.60. The van der Waals surface area contributed by atoms with Crippen LogP contribution in [-0.2, 0) is 11.8 Å². The second kappa shape index (κ2) is 9.64. The standard InChI is InChI=1S/C25H36N2/c1-7-20-12-15-24(26-6)23(18-20)25(5,8-2)16-10-11-21-13-14-22(27-9-3)17-19(21)4/h10-15,17-18,26-27H,7-9,16H2,1-6H3/b11-10+. The zero-order chi connectivity index (χ0) is 19.9. The molecule has 0 aliphatic carbocycles. The minimum Gasteiger partial charge on any atom is -0.388 e. The maximum atomic E-state index is 3.39. The first-order valence-electron chi connectivity index (χ1n) is 10.3. The number of allylic oxidation sites excluding steroid dienone is 1. The molecule has 2 nitrogen and oxygen atoms in total. The van der Waals surface area contributed by atoms with Crippen molar-refractivity contribution in [1.82, 2.24) is 0 Å². The molecule has 0 spiro atoms. The van der Waals surface area contributed by atoms with Gasteiger partial charge in [0.05, 0.1) is 0 Å². The van der Waals surface area contributed by atoms with E-state index in [1.54, 1.807) is 0 Å². The van der Waals surface area contributed by atoms with Crippen molar-refractivity contribution in [2.75, 3.05) is 24.2 Å². The van der Waals surface area contributed by atoms with E-state index in [0.717, 1.165) is 25.8 Å². The fourth-order valence-corrected chi connectivity index (χ4v) is 3.60. The number of hydrogen-bond donors (Lipinski definition) is 2. The van der Waals surface area contributed by atoms with Gasteiger partial charge in [0, 0.05) is 25.0 Å². The zero-order valence-corrected chi connectivity index (χ0v) is 17.9. The summed E-state index contributed by atoms with van der Waals surface area (Å²) in [4.78, 5) is 0. The van der Waals surface area contributed by atoms with E-state index in [1.807, 2.05) is 7.05 Å². The van der Waals surface area contributed by atoms with Gasteiger partial charge in [-0.25, -0.2) is 0 Å². The van der Waals surface area contributed by atoms with Crippen LogP contribution in [0.3, 0.4) is 0 Å². The maximum Gasteiger partial charge on any atom is 0.0376 e. The third-order valence-electron chi connectivity index (χ3n) is 5.71. The lowest BCUT2D eigenvalue weighted by Crippen LogP contribution is -2.22. The molecule has 0 aliphatic heterocycles. The van der Waals surface area contributed by atoms with Crippen molar-refractivity contribution in [3.63, 3.8) is 0 Å². The lowest BCUT2D eigenvalue weighted by molar-refractivity contribution is 0.462. The molecule has 2 heteroatoms. The molecule has 0 amide bonds. The molecule has 1 atom stereocenters. The third-order valence-corrected chi connectivity index (χ3v) is 5.71. The number of aryl methyl sites for hydroxylation is 2. The third kappa shape index (κ3) is 5.15. The summed E-state index contributed by atoms with van der Waals surface area (Å²) in [5, 5.41) is 6.77. The molecule has 0 radical (unpaired) electrons. The van der Waals surface area contributed by atoms with E-state index in [4.69, 9.17) is 0 Å². The lowest BCUT2D eigenvalue weighted by Gasteiger charge is -2.30. The van der Waals surface area contributed by atoms with Gasteiger partial charge in [0.2, 0.25) is 0 Å². The molecule has 0 aromatic heterocycles. The highest BCUT2D eigenvalue weighted by Gasteiger charge is 2.26. The Morgan fingerprint density at radius 3 is 2.41 bits per heavy atom. The minimum absolute atomic E-state index is 0.123. The number of anilines is 2. The van der Waals surface area contributed by atoms with E-state index >= 15 is 0 Å². The lowest BCUT2D eigenvalue weighted by atomic mass is 9.75. The molecule has 2 aromatic rings. The second-order valence-corrected chi connectivity index (χ2v) is 7.61. The number of hydrogen-bond acceptors (Lipinski definition) is 2. The Kier molecular flexibility index (Phi) is 7.53. The first-order chi connectivity index (χ1) is 13.0. The molecule has 0 fully saturated rings. The fraction of sp³-hybridized carbons (Fsp3) is 0.440. The predicted octanol–water partition coefficient (Wildman–Crippen LogP) is 6.80. The van der Waals surface area contributed by atoms with Gasteiger partial charge in [-0.2, -0.15) is 0 Å². The molecule has 146 valence electrons. The summed E-state index contributed by atoms with van der Waals surface area (Å²) < 4.78 is 0. The van der Waals surface area contributed by atoms with E-state index in [1.165, 1.54) is 33.6 Å². The number of benzene rings is 2. The summed E-state index contributed by atoms with van der Waals surface area (Å²) in [5.41, 5.74) is 8.01. The SMILES string of the molecule is CCNc1ccc(/C=C/CC(C)(CC)c2cc(CC)ccc2NC)c(C)c1. The van der Waals surface area contributed by atoms with Crippen LogP contribution in [0.15, 0.2) is 42.5 Å². The summed E-state index contributed by atoms with van der Waals surface area (Å²) in [7, 11) is 2.02. The normalized spacial score (nSPS) is 13.6. The van der Waals surface area contributed by atoms with Gasteiger partial charge in [0.15, 0.2) is 0 Å². The highest BCUT2D eigenvalue weighted by molar-refractivity contribution is 5.60. The van der Waals surface area contributed by atoms with Crippen LogP contribution in [0.4, 0.5) is 11.4 Å². The van der Waals surface area contributed by atoms with Crippen molar-refractivity contribution in [3.05, 3.63) is 64.7 Å². The van der Waals surface area contributed by atoms with Gasteiger partial charge in [0.25, 0.3) is 0 Å². The van der Waals surface area contributed by atoms with E-state index in [9.17, 15) is 0 Å². The van der Waals surface area contributed by atoms with Gasteiger partial charge in [-0.05, 0) is 79.0 Å². The molecule has 0 saturated carbocycles. The molecule has 2 N–H and O–H groups in total. The molecule has 0 saturated heterocycles. The topological polar surface area (TPSA) is 24.1 Å². The highest BCUT2D eigenvalue weighted by atomic mass is 14.8.